The lowest BCUT2D eigenvalue weighted by Gasteiger charge is -2.12. The number of hydrogen-bond acceptors (Lipinski definition) is 0. The predicted molar refractivity (Wildman–Crippen MR) is 63.7 cm³/mol. The molecule has 0 spiro atoms. The Morgan fingerprint density at radius 3 is 2.57 bits per heavy atom. The molecular formula is C14H22. The molecule has 1 aromatic rings. The van der Waals surface area contributed by atoms with Crippen molar-refractivity contribution in [2.24, 2.45) is 5.92 Å². The second-order valence-corrected chi connectivity index (χ2v) is 4.53. The van der Waals surface area contributed by atoms with Crippen molar-refractivity contribution in [3.05, 3.63) is 34.9 Å². The Morgan fingerprint density at radius 2 is 1.93 bits per heavy atom. The Morgan fingerprint density at radius 1 is 1.21 bits per heavy atom. The Hall–Kier alpha value is -0.780. The molecule has 0 saturated carbocycles. The van der Waals surface area contributed by atoms with Crippen molar-refractivity contribution in [1.82, 2.24) is 0 Å². The van der Waals surface area contributed by atoms with Crippen LogP contribution in [0, 0.1) is 19.8 Å². The highest BCUT2D eigenvalue weighted by atomic mass is 14.1. The molecule has 0 N–H and O–H groups in total. The molecule has 1 atom stereocenters. The van der Waals surface area contributed by atoms with Crippen molar-refractivity contribution in [3.63, 3.8) is 0 Å². The fourth-order valence-electron chi connectivity index (χ4n) is 1.99. The summed E-state index contributed by atoms with van der Waals surface area (Å²) in [6, 6.07) is 6.77. The topological polar surface area (TPSA) is 0 Å². The van der Waals surface area contributed by atoms with Crippen LogP contribution in [-0.2, 0) is 6.42 Å². The summed E-state index contributed by atoms with van der Waals surface area (Å²) < 4.78 is 0. The first-order valence-electron chi connectivity index (χ1n) is 5.69. The van der Waals surface area contributed by atoms with E-state index in [-0.39, 0.29) is 0 Å². The molecule has 0 aromatic heterocycles. The summed E-state index contributed by atoms with van der Waals surface area (Å²) in [7, 11) is 0. The highest BCUT2D eigenvalue weighted by molar-refractivity contribution is 5.30. The predicted octanol–water partition coefficient (Wildman–Crippen LogP) is 4.28. The molecule has 0 amide bonds. The van der Waals surface area contributed by atoms with E-state index >= 15 is 0 Å². The summed E-state index contributed by atoms with van der Waals surface area (Å²) >= 11 is 0. The SMILES string of the molecule is CCCC(C)Cc1cc(C)ccc1C. The van der Waals surface area contributed by atoms with Crippen LogP contribution in [0.5, 0.6) is 0 Å². The lowest BCUT2D eigenvalue weighted by atomic mass is 9.93. The van der Waals surface area contributed by atoms with Gasteiger partial charge in [0.05, 0.1) is 0 Å². The van der Waals surface area contributed by atoms with Gasteiger partial charge in [-0.2, -0.15) is 0 Å². The van der Waals surface area contributed by atoms with Crippen LogP contribution in [0.15, 0.2) is 18.2 Å². The maximum Gasteiger partial charge on any atom is -0.0250 e. The highest BCUT2D eigenvalue weighted by Gasteiger charge is 2.04. The third-order valence-electron chi connectivity index (χ3n) is 2.85. The number of rotatable bonds is 4. The fourth-order valence-corrected chi connectivity index (χ4v) is 1.99. The minimum Gasteiger partial charge on any atom is -0.0654 e. The molecule has 14 heavy (non-hydrogen) atoms. The Labute approximate surface area is 88.4 Å². The Bertz CT molecular complexity index is 286. The Kier molecular flexibility index (Phi) is 4.19. The molecule has 0 bridgehead atoms. The summed E-state index contributed by atoms with van der Waals surface area (Å²) in [5, 5.41) is 0. The van der Waals surface area contributed by atoms with Gasteiger partial charge in [-0.1, -0.05) is 50.5 Å². The van der Waals surface area contributed by atoms with E-state index in [0.29, 0.717) is 0 Å². The fraction of sp³-hybridized carbons (Fsp3) is 0.571. The van der Waals surface area contributed by atoms with Crippen molar-refractivity contribution in [2.45, 2.75) is 47.0 Å². The minimum atomic E-state index is 0.820. The molecule has 0 nitrogen and oxygen atoms in total. The van der Waals surface area contributed by atoms with Crippen molar-refractivity contribution in [3.8, 4) is 0 Å². The lowest BCUT2D eigenvalue weighted by molar-refractivity contribution is 0.521. The van der Waals surface area contributed by atoms with Gasteiger partial charge in [0.1, 0.15) is 0 Å². The molecular weight excluding hydrogens is 168 g/mol. The van der Waals surface area contributed by atoms with Gasteiger partial charge in [0.2, 0.25) is 0 Å². The van der Waals surface area contributed by atoms with E-state index in [9.17, 15) is 0 Å². The summed E-state index contributed by atoms with van der Waals surface area (Å²) in [4.78, 5) is 0. The van der Waals surface area contributed by atoms with E-state index in [1.165, 1.54) is 36.0 Å². The van der Waals surface area contributed by atoms with Gasteiger partial charge in [-0.05, 0) is 37.3 Å². The third-order valence-corrected chi connectivity index (χ3v) is 2.85. The standard InChI is InChI=1S/C14H22/c1-5-6-11(2)9-14-10-12(3)7-8-13(14)4/h7-8,10-11H,5-6,9H2,1-4H3. The lowest BCUT2D eigenvalue weighted by Crippen LogP contribution is -2.01. The molecule has 78 valence electrons. The van der Waals surface area contributed by atoms with Crippen molar-refractivity contribution >= 4 is 0 Å². The average Bonchev–Trinajstić information content (AvgIpc) is 2.12. The second kappa shape index (κ2) is 5.19. The first-order valence-corrected chi connectivity index (χ1v) is 5.69. The zero-order valence-electron chi connectivity index (χ0n) is 9.93. The summed E-state index contributed by atoms with van der Waals surface area (Å²) in [6.45, 7) is 9.01. The zero-order valence-corrected chi connectivity index (χ0v) is 9.93. The largest absolute Gasteiger partial charge is 0.0654 e. The average molecular weight is 190 g/mol. The van der Waals surface area contributed by atoms with Gasteiger partial charge in [0, 0.05) is 0 Å². The van der Waals surface area contributed by atoms with Crippen LogP contribution in [0.4, 0.5) is 0 Å². The van der Waals surface area contributed by atoms with Gasteiger partial charge in [0.15, 0.2) is 0 Å². The van der Waals surface area contributed by atoms with Crippen molar-refractivity contribution < 1.29 is 0 Å². The summed E-state index contributed by atoms with van der Waals surface area (Å²) in [5.41, 5.74) is 4.36. The quantitative estimate of drug-likeness (QED) is 0.664. The van der Waals surface area contributed by atoms with Gasteiger partial charge >= 0.3 is 0 Å². The zero-order chi connectivity index (χ0) is 10.6. The number of benzene rings is 1. The van der Waals surface area contributed by atoms with Gasteiger partial charge in [-0.25, -0.2) is 0 Å². The molecule has 0 aliphatic heterocycles. The monoisotopic (exact) mass is 190 g/mol. The van der Waals surface area contributed by atoms with Crippen LogP contribution in [0.25, 0.3) is 0 Å². The van der Waals surface area contributed by atoms with Crippen LogP contribution in [0.3, 0.4) is 0 Å². The summed E-state index contributed by atoms with van der Waals surface area (Å²) in [6.07, 6.45) is 3.88. The summed E-state index contributed by atoms with van der Waals surface area (Å²) in [5.74, 6) is 0.820. The minimum absolute atomic E-state index is 0.820. The molecule has 0 heterocycles. The maximum atomic E-state index is 2.35. The smallest absolute Gasteiger partial charge is 0.0250 e. The van der Waals surface area contributed by atoms with Crippen LogP contribution >= 0.6 is 0 Å². The number of aryl methyl sites for hydroxylation is 2. The van der Waals surface area contributed by atoms with Gasteiger partial charge in [-0.3, -0.25) is 0 Å². The van der Waals surface area contributed by atoms with Crippen molar-refractivity contribution in [2.75, 3.05) is 0 Å². The molecule has 0 radical (unpaired) electrons. The van der Waals surface area contributed by atoms with Gasteiger partial charge in [0.25, 0.3) is 0 Å². The molecule has 0 fully saturated rings. The molecule has 1 rings (SSSR count). The normalized spacial score (nSPS) is 12.9. The van der Waals surface area contributed by atoms with Crippen LogP contribution in [-0.4, -0.2) is 0 Å². The molecule has 0 aliphatic rings. The van der Waals surface area contributed by atoms with Crippen molar-refractivity contribution in [1.29, 1.82) is 0 Å². The molecule has 0 aliphatic carbocycles. The molecule has 1 unspecified atom stereocenters. The van der Waals surface area contributed by atoms with E-state index < -0.39 is 0 Å². The van der Waals surface area contributed by atoms with Crippen LogP contribution < -0.4 is 0 Å². The van der Waals surface area contributed by atoms with Crippen LogP contribution in [0.1, 0.15) is 43.4 Å². The Balaban J connectivity index is 2.70. The number of hydrogen-bond donors (Lipinski definition) is 0. The first kappa shape index (κ1) is 11.3. The van der Waals surface area contributed by atoms with E-state index in [2.05, 4.69) is 45.9 Å². The van der Waals surface area contributed by atoms with E-state index in [4.69, 9.17) is 0 Å². The first-order chi connectivity index (χ1) is 6.63. The van der Waals surface area contributed by atoms with E-state index in [0.717, 1.165) is 5.92 Å². The van der Waals surface area contributed by atoms with E-state index in [1.807, 2.05) is 0 Å². The van der Waals surface area contributed by atoms with E-state index in [1.54, 1.807) is 0 Å². The molecule has 1 aromatic carbocycles. The van der Waals surface area contributed by atoms with Gasteiger partial charge < -0.3 is 0 Å². The third kappa shape index (κ3) is 3.17. The van der Waals surface area contributed by atoms with Crippen LogP contribution in [0.2, 0.25) is 0 Å². The van der Waals surface area contributed by atoms with Gasteiger partial charge in [-0.15, -0.1) is 0 Å². The molecule has 0 heteroatoms. The highest BCUT2D eigenvalue weighted by Crippen LogP contribution is 2.17. The maximum absolute atomic E-state index is 2.35. The second-order valence-electron chi connectivity index (χ2n) is 4.53. The molecule has 0 saturated heterocycles.